The van der Waals surface area contributed by atoms with Gasteiger partial charge in [0.2, 0.25) is 0 Å². The van der Waals surface area contributed by atoms with E-state index < -0.39 is 6.09 Å². The van der Waals surface area contributed by atoms with Crippen molar-refractivity contribution in [1.82, 2.24) is 4.90 Å². The van der Waals surface area contributed by atoms with Crippen molar-refractivity contribution in [3.8, 4) is 0 Å². The van der Waals surface area contributed by atoms with E-state index in [1.165, 1.54) is 0 Å². The van der Waals surface area contributed by atoms with Crippen molar-refractivity contribution in [2.45, 2.75) is 31.7 Å². The number of hydrogen-bond donors (Lipinski definition) is 2. The lowest BCUT2D eigenvalue weighted by Crippen LogP contribution is -2.40. The molecule has 4 heteroatoms. The lowest BCUT2D eigenvalue weighted by Gasteiger charge is -2.28. The molecule has 2 aliphatic rings. The first-order valence-corrected chi connectivity index (χ1v) is 5.38. The zero-order valence-electron chi connectivity index (χ0n) is 8.35. The molecule has 4 nitrogen and oxygen atoms in total. The first-order chi connectivity index (χ1) is 6.65. The third-order valence-electron chi connectivity index (χ3n) is 3.48. The molecule has 1 aliphatic heterocycles. The van der Waals surface area contributed by atoms with E-state index in [2.05, 4.69) is 0 Å². The summed E-state index contributed by atoms with van der Waals surface area (Å²) in [4.78, 5) is 12.5. The van der Waals surface area contributed by atoms with Crippen molar-refractivity contribution in [3.05, 3.63) is 0 Å². The van der Waals surface area contributed by atoms with E-state index in [1.807, 2.05) is 0 Å². The number of likely N-dealkylation sites (tertiary alicyclic amines) is 1. The molecule has 80 valence electrons. The largest absolute Gasteiger partial charge is 0.465 e. The second kappa shape index (κ2) is 3.77. The summed E-state index contributed by atoms with van der Waals surface area (Å²) in [7, 11) is 0. The molecule has 1 aliphatic carbocycles. The summed E-state index contributed by atoms with van der Waals surface area (Å²) in [6, 6.07) is 0.295. The summed E-state index contributed by atoms with van der Waals surface area (Å²) in [5, 5.41) is 8.98. The number of nitrogens with zero attached hydrogens (tertiary/aromatic N) is 1. The van der Waals surface area contributed by atoms with Gasteiger partial charge in [-0.15, -0.1) is 0 Å². The fraction of sp³-hybridized carbons (Fsp3) is 0.900. The predicted molar refractivity (Wildman–Crippen MR) is 53.0 cm³/mol. The highest BCUT2D eigenvalue weighted by Crippen LogP contribution is 2.31. The van der Waals surface area contributed by atoms with E-state index in [0.717, 1.165) is 25.7 Å². The Morgan fingerprint density at radius 1 is 1.21 bits per heavy atom. The van der Waals surface area contributed by atoms with Crippen LogP contribution in [0.25, 0.3) is 0 Å². The van der Waals surface area contributed by atoms with Gasteiger partial charge in [-0.3, -0.25) is 0 Å². The minimum Gasteiger partial charge on any atom is -0.465 e. The van der Waals surface area contributed by atoms with Crippen molar-refractivity contribution < 1.29 is 9.90 Å². The lowest BCUT2D eigenvalue weighted by molar-refractivity contribution is 0.126. The van der Waals surface area contributed by atoms with Crippen LogP contribution in [-0.2, 0) is 0 Å². The van der Waals surface area contributed by atoms with Crippen molar-refractivity contribution >= 4 is 6.09 Å². The monoisotopic (exact) mass is 198 g/mol. The highest BCUT2D eigenvalue weighted by Gasteiger charge is 2.32. The summed E-state index contributed by atoms with van der Waals surface area (Å²) in [5.74, 6) is 0.988. The van der Waals surface area contributed by atoms with Gasteiger partial charge in [-0.05, 0) is 37.5 Å². The molecular formula is C10H18N2O2. The Hall–Kier alpha value is -0.770. The molecule has 0 radical (unpaired) electrons. The number of fused-ring (bicyclic) bond motifs is 3. The van der Waals surface area contributed by atoms with Crippen molar-refractivity contribution in [1.29, 1.82) is 0 Å². The fourth-order valence-electron chi connectivity index (χ4n) is 2.85. The van der Waals surface area contributed by atoms with Crippen LogP contribution >= 0.6 is 0 Å². The van der Waals surface area contributed by atoms with Gasteiger partial charge in [0.15, 0.2) is 0 Å². The molecule has 3 atom stereocenters. The molecule has 0 aromatic rings. The number of carbonyl (C=O) groups is 1. The van der Waals surface area contributed by atoms with Crippen molar-refractivity contribution in [2.75, 3.05) is 13.1 Å². The number of amides is 1. The second-order valence-corrected chi connectivity index (χ2v) is 4.73. The van der Waals surface area contributed by atoms with E-state index in [-0.39, 0.29) is 0 Å². The Labute approximate surface area is 84.1 Å². The van der Waals surface area contributed by atoms with Gasteiger partial charge in [-0.25, -0.2) is 4.79 Å². The van der Waals surface area contributed by atoms with Crippen molar-refractivity contribution in [3.63, 3.8) is 0 Å². The first kappa shape index (κ1) is 9.77. The highest BCUT2D eigenvalue weighted by atomic mass is 16.4. The number of rotatable bonds is 0. The third kappa shape index (κ3) is 2.00. The van der Waals surface area contributed by atoms with Gasteiger partial charge in [-0.1, -0.05) is 0 Å². The Morgan fingerprint density at radius 3 is 2.14 bits per heavy atom. The van der Waals surface area contributed by atoms with E-state index in [0.29, 0.717) is 31.0 Å². The van der Waals surface area contributed by atoms with E-state index >= 15 is 0 Å². The zero-order valence-corrected chi connectivity index (χ0v) is 8.35. The molecule has 0 spiro atoms. The topological polar surface area (TPSA) is 66.6 Å². The van der Waals surface area contributed by atoms with Crippen LogP contribution in [0.5, 0.6) is 0 Å². The van der Waals surface area contributed by atoms with E-state index in [4.69, 9.17) is 10.8 Å². The Morgan fingerprint density at radius 2 is 1.71 bits per heavy atom. The summed E-state index contributed by atoms with van der Waals surface area (Å²) in [6.45, 7) is 1.39. The number of nitrogens with two attached hydrogens (primary N) is 1. The molecule has 1 heterocycles. The molecule has 2 fully saturated rings. The van der Waals surface area contributed by atoms with Gasteiger partial charge in [0.25, 0.3) is 0 Å². The maximum atomic E-state index is 10.9. The Balaban J connectivity index is 2.09. The molecule has 0 aromatic heterocycles. The molecule has 0 aromatic carbocycles. The predicted octanol–water partition coefficient (Wildman–Crippen LogP) is 1.11. The lowest BCUT2D eigenvalue weighted by atomic mass is 9.96. The average molecular weight is 198 g/mol. The van der Waals surface area contributed by atoms with Gasteiger partial charge < -0.3 is 15.7 Å². The summed E-state index contributed by atoms with van der Waals surface area (Å²) < 4.78 is 0. The van der Waals surface area contributed by atoms with Gasteiger partial charge >= 0.3 is 6.09 Å². The summed E-state index contributed by atoms with van der Waals surface area (Å²) in [5.41, 5.74) is 5.98. The van der Waals surface area contributed by atoms with Gasteiger partial charge in [-0.2, -0.15) is 0 Å². The van der Waals surface area contributed by atoms with Gasteiger partial charge in [0, 0.05) is 19.1 Å². The van der Waals surface area contributed by atoms with E-state index in [9.17, 15) is 4.79 Å². The standard InChI is InChI=1S/C10H18N2O2/c11-9-3-7-1-2-8(4-9)6-12(5-7)10(13)14/h7-9H,1-6,11H2,(H,13,14)/t7-,8+,9?. The highest BCUT2D eigenvalue weighted by molar-refractivity contribution is 5.65. The first-order valence-electron chi connectivity index (χ1n) is 5.38. The van der Waals surface area contributed by atoms with Crippen LogP contribution in [0, 0.1) is 11.8 Å². The number of hydrogen-bond acceptors (Lipinski definition) is 2. The second-order valence-electron chi connectivity index (χ2n) is 4.73. The van der Waals surface area contributed by atoms with Crippen LogP contribution in [0.3, 0.4) is 0 Å². The Bertz CT molecular complexity index is 216. The SMILES string of the molecule is NC1C[C@H]2CC[C@@H](C1)CN(C(=O)O)C2. The number of carboxylic acid groups (broad SMARTS) is 1. The molecule has 1 amide bonds. The maximum absolute atomic E-state index is 10.9. The molecule has 2 bridgehead atoms. The minimum absolute atomic E-state index is 0.295. The molecule has 1 saturated heterocycles. The zero-order chi connectivity index (χ0) is 10.1. The van der Waals surface area contributed by atoms with Gasteiger partial charge in [0.1, 0.15) is 0 Å². The van der Waals surface area contributed by atoms with Crippen LogP contribution in [-0.4, -0.2) is 35.2 Å². The van der Waals surface area contributed by atoms with E-state index in [1.54, 1.807) is 4.90 Å². The molecule has 1 unspecified atom stereocenters. The average Bonchev–Trinajstić information content (AvgIpc) is 2.34. The maximum Gasteiger partial charge on any atom is 0.407 e. The third-order valence-corrected chi connectivity index (χ3v) is 3.48. The van der Waals surface area contributed by atoms with Crippen LogP contribution in [0.4, 0.5) is 4.79 Å². The van der Waals surface area contributed by atoms with Crippen molar-refractivity contribution in [2.24, 2.45) is 17.6 Å². The quantitative estimate of drug-likeness (QED) is 0.612. The Kier molecular flexibility index (Phi) is 2.63. The van der Waals surface area contributed by atoms with Crippen LogP contribution < -0.4 is 5.73 Å². The molecule has 1 saturated carbocycles. The smallest absolute Gasteiger partial charge is 0.407 e. The van der Waals surface area contributed by atoms with Crippen LogP contribution in [0.2, 0.25) is 0 Å². The summed E-state index contributed by atoms with van der Waals surface area (Å²) >= 11 is 0. The summed E-state index contributed by atoms with van der Waals surface area (Å²) in [6.07, 6.45) is 3.54. The van der Waals surface area contributed by atoms with Crippen LogP contribution in [0.15, 0.2) is 0 Å². The van der Waals surface area contributed by atoms with Gasteiger partial charge in [0.05, 0.1) is 0 Å². The molecule has 2 rings (SSSR count). The molecule has 3 N–H and O–H groups in total. The normalized spacial score (nSPS) is 37.8. The fourth-order valence-corrected chi connectivity index (χ4v) is 2.85. The van der Waals surface area contributed by atoms with Crippen LogP contribution in [0.1, 0.15) is 25.7 Å². The molecular weight excluding hydrogens is 180 g/mol. The molecule has 14 heavy (non-hydrogen) atoms. The minimum atomic E-state index is -0.766.